The molecule has 3 nitrogen and oxygen atoms in total. The summed E-state index contributed by atoms with van der Waals surface area (Å²) in [6, 6.07) is 125. The number of aromatic nitrogens is 3. The second-order valence-corrected chi connectivity index (χ2v) is 29.5. The zero-order chi connectivity index (χ0) is 54.9. The third-order valence-electron chi connectivity index (χ3n) is 17.7. The lowest BCUT2D eigenvalue weighted by molar-refractivity contribution is 1.11. The van der Waals surface area contributed by atoms with E-state index in [1.165, 1.54) is 90.4 Å². The quantitative estimate of drug-likeness (QED) is 0.0906. The van der Waals surface area contributed by atoms with Crippen LogP contribution in [-0.2, 0) is 0 Å². The first-order valence-electron chi connectivity index (χ1n) is 28.8. The van der Waals surface area contributed by atoms with E-state index in [2.05, 4.69) is 347 Å². The monoisotopic (exact) mass is 1090 g/mol. The van der Waals surface area contributed by atoms with Crippen molar-refractivity contribution in [2.75, 3.05) is 0 Å². The van der Waals surface area contributed by atoms with E-state index in [-0.39, 0.29) is 0 Å². The van der Waals surface area contributed by atoms with Crippen molar-refractivity contribution >= 4 is 123 Å². The Morgan fingerprint density at radius 1 is 0.181 bits per heavy atom. The number of hydrogen-bond acceptors (Lipinski definition) is 0. The summed E-state index contributed by atoms with van der Waals surface area (Å²) in [5.41, 5.74) is 10.4. The van der Waals surface area contributed by atoms with Gasteiger partial charge >= 0.3 is 0 Å². The molecular weight excluding hydrogens is 1040 g/mol. The van der Waals surface area contributed by atoms with Crippen LogP contribution in [0.25, 0.3) is 82.5 Å². The Kier molecular flexibility index (Phi) is 11.6. The maximum absolute atomic E-state index is 2.84. The van der Waals surface area contributed by atoms with Crippen molar-refractivity contribution in [1.82, 2.24) is 13.7 Å². The van der Waals surface area contributed by atoms with Gasteiger partial charge in [0.1, 0.15) is 0 Å². The minimum Gasteiger partial charge on any atom is -0.307 e. The second-order valence-electron chi connectivity index (χ2n) is 21.9. The molecule has 0 saturated heterocycles. The SMILES string of the molecule is c1ccc([Si](c2ccccc2)(c2ccccc2)c2ccc(-n3c4ccccc4c4cccc(-n5c6ccccc6c6cccc(-n7c8ccccc8c8cc([Si](c9ccccc9)(c9ccccc9)c9ccccc9)ccc87)c65)c43)cc2)cc1. The minimum atomic E-state index is -2.84. The fraction of sp³-hybridized carbons (Fsp3) is 0. The predicted octanol–water partition coefficient (Wildman–Crippen LogP) is 13.7. The normalized spacial score (nSPS) is 12.1. The van der Waals surface area contributed by atoms with Gasteiger partial charge < -0.3 is 13.7 Å². The van der Waals surface area contributed by atoms with Gasteiger partial charge in [0.2, 0.25) is 0 Å². The highest BCUT2D eigenvalue weighted by Crippen LogP contribution is 2.43. The average Bonchev–Trinajstić information content (AvgIpc) is 2.24. The molecular formula is C78H55N3Si2. The fourth-order valence-corrected chi connectivity index (χ4v) is 23.9. The highest BCUT2D eigenvalue weighted by atomic mass is 28.3. The van der Waals surface area contributed by atoms with E-state index >= 15 is 0 Å². The summed E-state index contributed by atoms with van der Waals surface area (Å²) in [6.45, 7) is 0. The number of hydrogen-bond donors (Lipinski definition) is 0. The fourth-order valence-electron chi connectivity index (χ4n) is 14.3. The van der Waals surface area contributed by atoms with Crippen molar-refractivity contribution in [3.8, 4) is 17.1 Å². The number of rotatable bonds is 11. The summed E-state index contributed by atoms with van der Waals surface area (Å²) >= 11 is 0. The molecule has 0 atom stereocenters. The molecule has 5 heteroatoms. The first-order chi connectivity index (χ1) is 41.2. The number of para-hydroxylation sites is 5. The van der Waals surface area contributed by atoms with Gasteiger partial charge in [-0.25, -0.2) is 0 Å². The number of fused-ring (bicyclic) bond motifs is 9. The molecule has 16 aromatic rings. The van der Waals surface area contributed by atoms with Gasteiger partial charge in [0.05, 0.1) is 44.5 Å². The van der Waals surface area contributed by atoms with Crippen molar-refractivity contribution in [1.29, 1.82) is 0 Å². The Hall–Kier alpha value is -10.3. The largest absolute Gasteiger partial charge is 0.307 e. The molecule has 0 unspecified atom stereocenters. The van der Waals surface area contributed by atoms with Gasteiger partial charge in [-0.05, 0) is 90.0 Å². The molecule has 0 amide bonds. The van der Waals surface area contributed by atoms with Gasteiger partial charge in [0.15, 0.2) is 16.1 Å². The molecule has 3 aromatic heterocycles. The van der Waals surface area contributed by atoms with Gasteiger partial charge in [0.25, 0.3) is 0 Å². The van der Waals surface area contributed by atoms with E-state index in [0.717, 1.165) is 33.6 Å². The Labute approximate surface area is 484 Å². The van der Waals surface area contributed by atoms with Crippen LogP contribution < -0.4 is 41.5 Å². The predicted molar refractivity (Wildman–Crippen MR) is 357 cm³/mol. The molecule has 83 heavy (non-hydrogen) atoms. The zero-order valence-corrected chi connectivity index (χ0v) is 47.6. The zero-order valence-electron chi connectivity index (χ0n) is 45.6. The lowest BCUT2D eigenvalue weighted by atomic mass is 10.1. The van der Waals surface area contributed by atoms with Crippen molar-refractivity contribution in [2.24, 2.45) is 0 Å². The maximum Gasteiger partial charge on any atom is 0.179 e. The Morgan fingerprint density at radius 2 is 0.470 bits per heavy atom. The van der Waals surface area contributed by atoms with Crippen LogP contribution in [0.15, 0.2) is 334 Å². The lowest BCUT2D eigenvalue weighted by Gasteiger charge is -2.34. The van der Waals surface area contributed by atoms with E-state index in [4.69, 9.17) is 0 Å². The third-order valence-corrected chi connectivity index (χ3v) is 27.3. The van der Waals surface area contributed by atoms with Gasteiger partial charge in [0, 0.05) is 38.0 Å². The summed E-state index contributed by atoms with van der Waals surface area (Å²) in [7, 11) is -5.62. The van der Waals surface area contributed by atoms with Crippen LogP contribution in [0, 0.1) is 0 Å². The molecule has 0 spiro atoms. The van der Waals surface area contributed by atoms with Crippen molar-refractivity contribution in [3.05, 3.63) is 334 Å². The van der Waals surface area contributed by atoms with Gasteiger partial charge in [-0.2, -0.15) is 0 Å². The molecule has 13 aromatic carbocycles. The van der Waals surface area contributed by atoms with Gasteiger partial charge in [-0.3, -0.25) is 0 Å². The molecule has 0 aliphatic heterocycles. The first-order valence-corrected chi connectivity index (χ1v) is 32.8. The Morgan fingerprint density at radius 3 is 0.904 bits per heavy atom. The molecule has 0 fully saturated rings. The van der Waals surface area contributed by atoms with Gasteiger partial charge in [-0.15, -0.1) is 0 Å². The highest BCUT2D eigenvalue weighted by molar-refractivity contribution is 7.20. The van der Waals surface area contributed by atoms with Crippen molar-refractivity contribution < 1.29 is 0 Å². The van der Waals surface area contributed by atoms with E-state index in [1.54, 1.807) is 0 Å². The summed E-state index contributed by atoms with van der Waals surface area (Å²) in [6.07, 6.45) is 0. The Bertz CT molecular complexity index is 4860. The van der Waals surface area contributed by atoms with Crippen LogP contribution in [0.2, 0.25) is 0 Å². The van der Waals surface area contributed by atoms with E-state index in [1.807, 2.05) is 0 Å². The van der Waals surface area contributed by atoms with Crippen LogP contribution in [0.4, 0.5) is 0 Å². The highest BCUT2D eigenvalue weighted by Gasteiger charge is 2.43. The molecule has 3 heterocycles. The number of benzene rings is 13. The molecule has 16 rings (SSSR count). The van der Waals surface area contributed by atoms with E-state index in [9.17, 15) is 0 Å². The van der Waals surface area contributed by atoms with Gasteiger partial charge in [-0.1, -0.05) is 285 Å². The molecule has 0 aliphatic rings. The summed E-state index contributed by atoms with van der Waals surface area (Å²) < 4.78 is 7.63. The first kappa shape index (κ1) is 48.6. The van der Waals surface area contributed by atoms with Crippen LogP contribution in [0.5, 0.6) is 0 Å². The molecule has 0 saturated carbocycles. The number of nitrogens with zero attached hydrogens (tertiary/aromatic N) is 3. The summed E-state index contributed by atoms with van der Waals surface area (Å²) in [5.74, 6) is 0. The maximum atomic E-state index is 2.57. The van der Waals surface area contributed by atoms with Crippen LogP contribution in [0.1, 0.15) is 0 Å². The molecule has 0 aliphatic carbocycles. The Balaban J connectivity index is 0.946. The summed E-state index contributed by atoms with van der Waals surface area (Å²) in [4.78, 5) is 0. The van der Waals surface area contributed by atoms with E-state index in [0.29, 0.717) is 0 Å². The van der Waals surface area contributed by atoms with Crippen LogP contribution in [0.3, 0.4) is 0 Å². The lowest BCUT2D eigenvalue weighted by Crippen LogP contribution is -2.74. The smallest absolute Gasteiger partial charge is 0.179 e. The minimum absolute atomic E-state index is 1.12. The molecule has 0 radical (unpaired) electrons. The molecule has 0 bridgehead atoms. The summed E-state index contributed by atoms with van der Waals surface area (Å²) in [5, 5.41) is 18.2. The van der Waals surface area contributed by atoms with E-state index < -0.39 is 16.1 Å². The second kappa shape index (κ2) is 19.7. The topological polar surface area (TPSA) is 14.8 Å². The van der Waals surface area contributed by atoms with Crippen molar-refractivity contribution in [2.45, 2.75) is 0 Å². The standard InChI is InChI=1S/C78H55N3Si2/c1-7-27-57(28-8-1)82(58-29-9-2-10-30-58,59-31-11-3-12-32-59)63-51-49-56(50-52-63)79-71-44-22-19-39-65(71)68-42-26-48-76(77(68)79)81-73-46-24-20-40-66(73)69-43-25-47-75(78(69)81)80-72-45-23-21-41-67(72)70-55-64(53-54-74(70)80)83(60-33-13-4-14-34-60,61-35-15-5-16-36-61)62-37-17-6-18-38-62/h1-55H. The van der Waals surface area contributed by atoms with Crippen molar-refractivity contribution in [3.63, 3.8) is 0 Å². The third kappa shape index (κ3) is 7.35. The van der Waals surface area contributed by atoms with Crippen LogP contribution >= 0.6 is 0 Å². The molecule has 0 N–H and O–H groups in total. The van der Waals surface area contributed by atoms with Crippen LogP contribution in [-0.4, -0.2) is 29.8 Å². The average molecular weight is 1090 g/mol. The molecule has 390 valence electrons.